The summed E-state index contributed by atoms with van der Waals surface area (Å²) in [6.45, 7) is 8.53. The highest BCUT2D eigenvalue weighted by Gasteiger charge is 2.54. The number of hydrogen-bond donors (Lipinski definition) is 6. The van der Waals surface area contributed by atoms with Gasteiger partial charge in [-0.25, -0.2) is 0 Å². The fourth-order valence-electron chi connectivity index (χ4n) is 3.05. The minimum absolute atomic E-state index is 0.0516. The largest absolute Gasteiger partial charge is 0.544 e. The fourth-order valence-corrected chi connectivity index (χ4v) is 3.05. The number of aliphatic imine (C=N–C) groups is 1. The normalized spacial score (nSPS) is 26.3. The van der Waals surface area contributed by atoms with Crippen LogP contribution in [-0.2, 0) is 18.6 Å². The van der Waals surface area contributed by atoms with Crippen molar-refractivity contribution in [1.29, 1.82) is 5.41 Å². The molecule has 0 saturated carbocycles. The van der Waals surface area contributed by atoms with Gasteiger partial charge in [0.05, 0.1) is 12.3 Å². The number of rotatable bonds is 5. The molecule has 12 heteroatoms. The maximum atomic E-state index is 10.9. The molecule has 3 aliphatic rings. The van der Waals surface area contributed by atoms with Gasteiger partial charge in [-0.3, -0.25) is 19.6 Å². The Morgan fingerprint density at radius 3 is 2.79 bits per heavy atom. The summed E-state index contributed by atoms with van der Waals surface area (Å²) in [7, 11) is 0. The van der Waals surface area contributed by atoms with Crippen LogP contribution in [0.5, 0.6) is 0 Å². The van der Waals surface area contributed by atoms with E-state index in [0.717, 1.165) is 0 Å². The molecule has 0 amide bonds. The minimum atomic E-state index is -1.85. The third-order valence-electron chi connectivity index (χ3n) is 4.65. The molecule has 8 N–H and O–H groups in total. The Morgan fingerprint density at radius 2 is 2.15 bits per heavy atom. The van der Waals surface area contributed by atoms with Crippen molar-refractivity contribution in [3.05, 3.63) is 53.6 Å². The van der Waals surface area contributed by atoms with Gasteiger partial charge < -0.3 is 36.3 Å². The molecule has 0 bridgehead atoms. The number of ketones is 1. The molecule has 2 heterocycles. The van der Waals surface area contributed by atoms with E-state index in [0.29, 0.717) is 12.3 Å². The molecule has 3 rings (SSSR count). The van der Waals surface area contributed by atoms with E-state index < -0.39 is 29.7 Å². The van der Waals surface area contributed by atoms with Crippen molar-refractivity contribution >= 4 is 29.6 Å². The Bertz CT molecular complexity index is 1120. The van der Waals surface area contributed by atoms with E-state index in [2.05, 4.69) is 29.4 Å². The lowest BCUT2D eigenvalue weighted by Crippen LogP contribution is -2.46. The van der Waals surface area contributed by atoms with Crippen LogP contribution in [-0.4, -0.2) is 70.3 Å². The van der Waals surface area contributed by atoms with Crippen molar-refractivity contribution in [1.82, 2.24) is 4.67 Å². The van der Waals surface area contributed by atoms with Crippen LogP contribution in [0.3, 0.4) is 0 Å². The molecule has 0 aromatic rings. The van der Waals surface area contributed by atoms with E-state index in [1.807, 2.05) is 0 Å². The zero-order valence-corrected chi connectivity index (χ0v) is 18.0. The van der Waals surface area contributed by atoms with Crippen LogP contribution >= 0.6 is 0 Å². The van der Waals surface area contributed by atoms with E-state index in [4.69, 9.17) is 35.5 Å². The average molecular weight is 459 g/mol. The van der Waals surface area contributed by atoms with Crippen LogP contribution in [0, 0.1) is 18.4 Å². The second-order valence-corrected chi connectivity index (χ2v) is 7.15. The molecule has 173 valence electrons. The summed E-state index contributed by atoms with van der Waals surface area (Å²) in [6.07, 6.45) is 2.96. The molecule has 0 fully saturated rings. The summed E-state index contributed by atoms with van der Waals surface area (Å²) in [5, 5.41) is 39.9. The van der Waals surface area contributed by atoms with Gasteiger partial charge in [-0.1, -0.05) is 4.67 Å². The number of aliphatic hydroxyl groups excluding tert-OH is 2. The maximum absolute atomic E-state index is 10.9. The van der Waals surface area contributed by atoms with Crippen LogP contribution in [0.2, 0.25) is 0 Å². The van der Waals surface area contributed by atoms with Gasteiger partial charge in [0.15, 0.2) is 12.3 Å². The molecule has 2 aliphatic heterocycles. The van der Waals surface area contributed by atoms with Crippen molar-refractivity contribution in [3.63, 3.8) is 0 Å². The number of ether oxygens (including phenoxy) is 3. The molecule has 0 spiro atoms. The molecule has 1 radical (unpaired) electrons. The van der Waals surface area contributed by atoms with Gasteiger partial charge in [0, 0.05) is 25.5 Å². The molecule has 0 aromatic carbocycles. The van der Waals surface area contributed by atoms with Gasteiger partial charge in [-0.2, -0.15) is 0 Å². The van der Waals surface area contributed by atoms with Crippen LogP contribution in [0.15, 0.2) is 45.6 Å². The highest BCUT2D eigenvalue weighted by Crippen LogP contribution is 2.28. The fraction of sp³-hybridized carbons (Fsp3) is 0.333. The molecule has 0 saturated heterocycles. The predicted octanol–water partition coefficient (Wildman–Crippen LogP) is -0.513. The van der Waals surface area contributed by atoms with Crippen molar-refractivity contribution in [3.8, 4) is 0 Å². The Kier molecular flexibility index (Phi) is 6.63. The van der Waals surface area contributed by atoms with Crippen molar-refractivity contribution in [2.75, 3.05) is 19.7 Å². The predicted molar refractivity (Wildman–Crippen MR) is 119 cm³/mol. The van der Waals surface area contributed by atoms with Gasteiger partial charge >= 0.3 is 29.0 Å². The van der Waals surface area contributed by atoms with E-state index in [9.17, 15) is 15.3 Å². The first-order chi connectivity index (χ1) is 15.6. The number of carbonyl (C=O) groups excluding carboxylic acids is 1. The van der Waals surface area contributed by atoms with E-state index in [1.54, 1.807) is 6.92 Å². The third-order valence-corrected chi connectivity index (χ3v) is 4.65. The molecule has 33 heavy (non-hydrogen) atoms. The van der Waals surface area contributed by atoms with Gasteiger partial charge in [0.1, 0.15) is 12.6 Å². The van der Waals surface area contributed by atoms with Crippen LogP contribution < -0.4 is 16.1 Å². The highest BCUT2D eigenvalue weighted by molar-refractivity contribution is 6.50. The highest BCUT2D eigenvalue weighted by atomic mass is 16.7. The van der Waals surface area contributed by atoms with E-state index >= 15 is 0 Å². The molecule has 1 atom stereocenters. The Labute approximate surface area is 189 Å². The SMILES string of the molecule is C=[N+]=C1C(O)=C(OC2=C(O)C(=[O+]C3=C(N)C[C]=C(CN)O3)C(=N)CC2=NCC)OCC1([CH2+])O. The summed E-state index contributed by atoms with van der Waals surface area (Å²) >= 11 is 0. The second kappa shape index (κ2) is 9.25. The first-order valence-corrected chi connectivity index (χ1v) is 9.85. The Balaban J connectivity index is 2.08. The lowest BCUT2D eigenvalue weighted by Gasteiger charge is -2.23. The van der Waals surface area contributed by atoms with Gasteiger partial charge in [0.2, 0.25) is 17.3 Å². The molecule has 1 aliphatic carbocycles. The molecular formula is C21H25N5O7+3. The molecule has 0 aromatic heterocycles. The van der Waals surface area contributed by atoms with Gasteiger partial charge in [-0.05, 0) is 6.92 Å². The van der Waals surface area contributed by atoms with Crippen molar-refractivity contribution < 1.29 is 34.0 Å². The van der Waals surface area contributed by atoms with Crippen LogP contribution in [0.1, 0.15) is 19.8 Å². The van der Waals surface area contributed by atoms with Crippen LogP contribution in [0.25, 0.3) is 0 Å². The first-order valence-electron chi connectivity index (χ1n) is 9.85. The number of nitrogens with zero attached hydrogens (tertiary/aromatic N) is 2. The van der Waals surface area contributed by atoms with E-state index in [1.165, 1.54) is 0 Å². The maximum Gasteiger partial charge on any atom is 0.544 e. The Morgan fingerprint density at radius 1 is 1.42 bits per heavy atom. The Hall–Kier alpha value is -3.99. The second-order valence-electron chi connectivity index (χ2n) is 7.15. The summed E-state index contributed by atoms with van der Waals surface area (Å²) in [6, 6.07) is 0. The van der Waals surface area contributed by atoms with Gasteiger partial charge in [-0.15, -0.1) is 0 Å². The van der Waals surface area contributed by atoms with Crippen LogP contribution in [0.4, 0.5) is 0 Å². The molecule has 12 nitrogen and oxygen atoms in total. The molecular weight excluding hydrogens is 434 g/mol. The topological polar surface area (TPSA) is 202 Å². The van der Waals surface area contributed by atoms with E-state index in [-0.39, 0.29) is 59.7 Å². The smallest absolute Gasteiger partial charge is 0.500 e. The zero-order valence-electron chi connectivity index (χ0n) is 18.0. The average Bonchev–Trinajstić information content (AvgIpc) is 2.76. The lowest BCUT2D eigenvalue weighted by atomic mass is 9.97. The zero-order chi connectivity index (χ0) is 24.3. The summed E-state index contributed by atoms with van der Waals surface area (Å²) in [5.41, 5.74) is 9.60. The van der Waals surface area contributed by atoms with Crippen molar-refractivity contribution in [2.24, 2.45) is 16.5 Å². The van der Waals surface area contributed by atoms with Crippen molar-refractivity contribution in [2.45, 2.75) is 25.4 Å². The summed E-state index contributed by atoms with van der Waals surface area (Å²) in [5.74, 6) is -2.14. The standard InChI is InChI=1S/C21H23N5O7/c1-4-26-13-7-12(24)16(32-19-11(23)6-5-10(8-22)31-19)14(27)17(13)33-20-15(28)18(25-3)21(2,29)9-30-20/h29H,2-4,6-9,22H2,1H3,(H3-2,23,24,26,27,28)/q+1/p+2. The quantitative estimate of drug-likeness (QED) is 0.136. The monoisotopic (exact) mass is 459 g/mol. The first kappa shape index (κ1) is 23.7. The summed E-state index contributed by atoms with van der Waals surface area (Å²) < 4.78 is 25.5. The number of nitrogens with one attached hydrogen (secondary N) is 1. The lowest BCUT2D eigenvalue weighted by molar-refractivity contribution is -0.437. The number of allylic oxidation sites excluding steroid dienone is 3. The number of aliphatic hydroxyl groups is 3. The van der Waals surface area contributed by atoms with Gasteiger partial charge in [0.25, 0.3) is 12.5 Å². The number of nitrogens with two attached hydrogens (primary N) is 2. The summed E-state index contributed by atoms with van der Waals surface area (Å²) in [4.78, 5) is 4.25. The molecule has 1 unspecified atom stereocenters. The third kappa shape index (κ3) is 4.62. The number of hydrogen-bond acceptors (Lipinski definition) is 10. The minimum Gasteiger partial charge on any atom is -0.500 e.